The van der Waals surface area contributed by atoms with Crippen molar-refractivity contribution < 1.29 is 4.74 Å². The van der Waals surface area contributed by atoms with Gasteiger partial charge in [-0.15, -0.1) is 0 Å². The number of nitrogen functional groups attached to an aromatic ring is 2. The van der Waals surface area contributed by atoms with Gasteiger partial charge in [0.05, 0.1) is 12.1 Å². The predicted octanol–water partition coefficient (Wildman–Crippen LogP) is 3.02. The van der Waals surface area contributed by atoms with Crippen LogP contribution < -0.4 is 16.2 Å². The minimum Gasteiger partial charge on any atom is -0.495 e. The minimum atomic E-state index is 0.174. The van der Waals surface area contributed by atoms with Crippen molar-refractivity contribution in [3.8, 4) is 5.75 Å². The zero-order valence-electron chi connectivity index (χ0n) is 12.4. The molecule has 0 amide bonds. The quantitative estimate of drug-likeness (QED) is 0.906. The Labute approximate surface area is 129 Å². The summed E-state index contributed by atoms with van der Waals surface area (Å²) in [5, 5.41) is 0.576. The van der Waals surface area contributed by atoms with Gasteiger partial charge in [-0.25, -0.2) is 4.98 Å². The summed E-state index contributed by atoms with van der Waals surface area (Å²) in [6.07, 6.45) is 2.25. The zero-order chi connectivity index (χ0) is 15.6. The molecule has 21 heavy (non-hydrogen) atoms. The van der Waals surface area contributed by atoms with Gasteiger partial charge in [-0.05, 0) is 29.2 Å². The lowest BCUT2D eigenvalue weighted by Gasteiger charge is -2.16. The van der Waals surface area contributed by atoms with Crippen molar-refractivity contribution in [1.82, 2.24) is 9.97 Å². The number of rotatable bonds is 4. The van der Waals surface area contributed by atoms with E-state index in [1.165, 1.54) is 0 Å². The van der Waals surface area contributed by atoms with Crippen LogP contribution >= 0.6 is 11.6 Å². The zero-order valence-corrected chi connectivity index (χ0v) is 13.1. The highest BCUT2D eigenvalue weighted by atomic mass is 35.5. The van der Waals surface area contributed by atoms with Gasteiger partial charge in [0, 0.05) is 18.2 Å². The van der Waals surface area contributed by atoms with Crippen LogP contribution in [-0.2, 0) is 6.42 Å². The number of nitrogens with two attached hydrogens (primary N) is 2. The molecular formula is C15H19ClN4O. The molecule has 1 aromatic heterocycles. The first-order valence-corrected chi connectivity index (χ1v) is 7.03. The lowest BCUT2D eigenvalue weighted by Crippen LogP contribution is -2.06. The second-order valence-electron chi connectivity index (χ2n) is 5.16. The summed E-state index contributed by atoms with van der Waals surface area (Å²) in [5.41, 5.74) is 14.5. The van der Waals surface area contributed by atoms with Crippen LogP contribution in [0.5, 0.6) is 5.75 Å². The maximum atomic E-state index is 6.23. The van der Waals surface area contributed by atoms with E-state index in [0.29, 0.717) is 28.9 Å². The Bertz CT molecular complexity index is 658. The summed E-state index contributed by atoms with van der Waals surface area (Å²) in [4.78, 5) is 7.98. The van der Waals surface area contributed by atoms with Gasteiger partial charge in [0.15, 0.2) is 0 Å². The van der Waals surface area contributed by atoms with Crippen LogP contribution in [0.2, 0.25) is 5.02 Å². The fraction of sp³-hybridized carbons (Fsp3) is 0.333. The third kappa shape index (κ3) is 3.36. The summed E-state index contributed by atoms with van der Waals surface area (Å²) >= 11 is 6.23. The molecule has 5 nitrogen and oxygen atoms in total. The average Bonchev–Trinajstić information content (AvgIpc) is 2.41. The molecule has 0 aliphatic heterocycles. The molecule has 0 atom stereocenters. The Kier molecular flexibility index (Phi) is 4.53. The van der Waals surface area contributed by atoms with E-state index in [4.69, 9.17) is 27.8 Å². The van der Waals surface area contributed by atoms with Gasteiger partial charge in [-0.3, -0.25) is 0 Å². The molecule has 0 aliphatic carbocycles. The van der Waals surface area contributed by atoms with E-state index < -0.39 is 0 Å². The van der Waals surface area contributed by atoms with Gasteiger partial charge in [-0.1, -0.05) is 25.4 Å². The molecule has 0 saturated heterocycles. The molecule has 0 aliphatic rings. The lowest BCUT2D eigenvalue weighted by molar-refractivity contribution is 0.414. The number of hydrogen-bond donors (Lipinski definition) is 2. The molecule has 0 spiro atoms. The smallest absolute Gasteiger partial charge is 0.221 e. The summed E-state index contributed by atoms with van der Waals surface area (Å²) < 4.78 is 5.28. The second kappa shape index (κ2) is 6.18. The number of ether oxygens (including phenoxy) is 1. The van der Waals surface area contributed by atoms with Gasteiger partial charge in [0.1, 0.15) is 11.6 Å². The van der Waals surface area contributed by atoms with Crippen LogP contribution in [-0.4, -0.2) is 17.1 Å². The van der Waals surface area contributed by atoms with Crippen molar-refractivity contribution in [3.63, 3.8) is 0 Å². The molecule has 1 heterocycles. The Balaban J connectivity index is 2.45. The highest BCUT2D eigenvalue weighted by molar-refractivity contribution is 6.32. The van der Waals surface area contributed by atoms with Crippen LogP contribution in [0.25, 0.3) is 0 Å². The molecule has 0 radical (unpaired) electrons. The second-order valence-corrected chi connectivity index (χ2v) is 5.56. The monoisotopic (exact) mass is 306 g/mol. The molecule has 0 fully saturated rings. The van der Waals surface area contributed by atoms with Crippen LogP contribution in [0, 0.1) is 0 Å². The Morgan fingerprint density at radius 1 is 1.24 bits per heavy atom. The van der Waals surface area contributed by atoms with Crippen molar-refractivity contribution in [3.05, 3.63) is 40.0 Å². The fourth-order valence-corrected chi connectivity index (χ4v) is 2.50. The summed E-state index contributed by atoms with van der Waals surface area (Å²) in [6.45, 7) is 4.24. The molecule has 0 unspecified atom stereocenters. The lowest BCUT2D eigenvalue weighted by atomic mass is 9.93. The highest BCUT2D eigenvalue weighted by Gasteiger charge is 2.14. The van der Waals surface area contributed by atoms with Crippen molar-refractivity contribution in [1.29, 1.82) is 0 Å². The van der Waals surface area contributed by atoms with Gasteiger partial charge >= 0.3 is 0 Å². The first-order chi connectivity index (χ1) is 9.92. The Hall–Kier alpha value is -2.01. The highest BCUT2D eigenvalue weighted by Crippen LogP contribution is 2.33. The molecule has 2 rings (SSSR count). The largest absolute Gasteiger partial charge is 0.495 e. The molecule has 112 valence electrons. The van der Waals surface area contributed by atoms with E-state index in [2.05, 4.69) is 23.8 Å². The van der Waals surface area contributed by atoms with E-state index in [9.17, 15) is 0 Å². The Morgan fingerprint density at radius 3 is 2.52 bits per heavy atom. The standard InChI is InChI=1S/C15H19ClN4O/c1-8(2)11-6-13(21-3)12(16)5-9(11)4-10-7-19-15(18)20-14(10)17/h5-8H,4H2,1-3H3,(H4,17,18,19,20). The maximum Gasteiger partial charge on any atom is 0.221 e. The maximum absolute atomic E-state index is 6.23. The van der Waals surface area contributed by atoms with Crippen molar-refractivity contribution >= 4 is 23.4 Å². The minimum absolute atomic E-state index is 0.174. The molecule has 4 N–H and O–H groups in total. The van der Waals surface area contributed by atoms with Crippen molar-refractivity contribution in [2.45, 2.75) is 26.2 Å². The first kappa shape index (κ1) is 15.4. The molecule has 6 heteroatoms. The van der Waals surface area contributed by atoms with Gasteiger partial charge in [0.2, 0.25) is 5.95 Å². The topological polar surface area (TPSA) is 87.0 Å². The normalized spacial score (nSPS) is 10.9. The summed E-state index contributed by atoms with van der Waals surface area (Å²) in [7, 11) is 1.61. The number of aromatic nitrogens is 2. The van der Waals surface area contributed by atoms with Crippen LogP contribution in [0.15, 0.2) is 18.3 Å². The molecule has 2 aromatic rings. The molecule has 0 bridgehead atoms. The number of halogens is 1. The number of benzene rings is 1. The van der Waals surface area contributed by atoms with E-state index in [0.717, 1.165) is 16.7 Å². The first-order valence-electron chi connectivity index (χ1n) is 6.65. The SMILES string of the molecule is COc1cc(C(C)C)c(Cc2cnc(N)nc2N)cc1Cl. The van der Waals surface area contributed by atoms with Crippen molar-refractivity contribution in [2.24, 2.45) is 0 Å². The van der Waals surface area contributed by atoms with Crippen molar-refractivity contribution in [2.75, 3.05) is 18.6 Å². The third-order valence-corrected chi connectivity index (χ3v) is 3.63. The molecule has 1 aromatic carbocycles. The van der Waals surface area contributed by atoms with Crippen LogP contribution in [0.1, 0.15) is 36.5 Å². The molecular weight excluding hydrogens is 288 g/mol. The summed E-state index contributed by atoms with van der Waals surface area (Å²) in [6, 6.07) is 3.88. The predicted molar refractivity (Wildman–Crippen MR) is 85.8 cm³/mol. The third-order valence-electron chi connectivity index (χ3n) is 3.33. The fourth-order valence-electron chi connectivity index (χ4n) is 2.23. The number of methoxy groups -OCH3 is 1. The average molecular weight is 307 g/mol. The van der Waals surface area contributed by atoms with E-state index in [1.54, 1.807) is 13.3 Å². The van der Waals surface area contributed by atoms with E-state index in [1.807, 2.05) is 12.1 Å². The number of anilines is 2. The molecule has 0 saturated carbocycles. The number of hydrogen-bond acceptors (Lipinski definition) is 5. The Morgan fingerprint density at radius 2 is 1.95 bits per heavy atom. The van der Waals surface area contributed by atoms with Crippen LogP contribution in [0.4, 0.5) is 11.8 Å². The summed E-state index contributed by atoms with van der Waals surface area (Å²) in [5.74, 6) is 1.57. The number of nitrogens with zero attached hydrogens (tertiary/aromatic N) is 2. The van der Waals surface area contributed by atoms with Gasteiger partial charge in [0.25, 0.3) is 0 Å². The van der Waals surface area contributed by atoms with E-state index >= 15 is 0 Å². The van der Waals surface area contributed by atoms with E-state index in [-0.39, 0.29) is 5.95 Å². The van der Waals surface area contributed by atoms with Gasteiger partial charge in [-0.2, -0.15) is 4.98 Å². The van der Waals surface area contributed by atoms with Crippen LogP contribution in [0.3, 0.4) is 0 Å². The van der Waals surface area contributed by atoms with Gasteiger partial charge < -0.3 is 16.2 Å².